The van der Waals surface area contributed by atoms with E-state index in [1.807, 2.05) is 42.3 Å². The molecule has 0 bridgehead atoms. The number of hydrogen-bond donors (Lipinski definition) is 1. The van der Waals surface area contributed by atoms with Crippen molar-refractivity contribution in [2.45, 2.75) is 12.8 Å². The average Bonchev–Trinajstić information content (AvgIpc) is 2.54. The highest BCUT2D eigenvalue weighted by molar-refractivity contribution is 6.06. The molecule has 0 spiro atoms. The Bertz CT molecular complexity index is 633. The van der Waals surface area contributed by atoms with Crippen LogP contribution in [0.4, 0.5) is 0 Å². The molecule has 0 aliphatic carbocycles. The zero-order valence-corrected chi connectivity index (χ0v) is 12.4. The van der Waals surface area contributed by atoms with Crippen molar-refractivity contribution in [3.8, 4) is 0 Å². The number of aromatic nitrogens is 1. The molecule has 0 unspecified atom stereocenters. The topological polar surface area (TPSA) is 45.2 Å². The normalized spacial score (nSPS) is 18.9. The van der Waals surface area contributed by atoms with E-state index < -0.39 is 0 Å². The van der Waals surface area contributed by atoms with Crippen LogP contribution in [-0.4, -0.2) is 42.5 Å². The fraction of sp³-hybridized carbons (Fsp3) is 0.412. The van der Waals surface area contributed by atoms with E-state index in [0.717, 1.165) is 42.5 Å². The molecule has 110 valence electrons. The van der Waals surface area contributed by atoms with Crippen molar-refractivity contribution in [2.75, 3.05) is 26.7 Å². The second-order valence-electron chi connectivity index (χ2n) is 5.69. The monoisotopic (exact) mass is 283 g/mol. The van der Waals surface area contributed by atoms with Crippen LogP contribution < -0.4 is 5.32 Å². The minimum absolute atomic E-state index is 0.134. The van der Waals surface area contributed by atoms with Gasteiger partial charge in [0.2, 0.25) is 0 Å². The first-order chi connectivity index (χ1) is 10.3. The smallest absolute Gasteiger partial charge is 0.254 e. The van der Waals surface area contributed by atoms with Crippen molar-refractivity contribution in [3.63, 3.8) is 0 Å². The van der Waals surface area contributed by atoms with Gasteiger partial charge in [0.1, 0.15) is 0 Å². The van der Waals surface area contributed by atoms with Gasteiger partial charge in [0.15, 0.2) is 0 Å². The van der Waals surface area contributed by atoms with Gasteiger partial charge in [-0.05, 0) is 50.6 Å². The minimum Gasteiger partial charge on any atom is -0.338 e. The van der Waals surface area contributed by atoms with Crippen molar-refractivity contribution in [1.29, 1.82) is 0 Å². The standard InChI is InChI=1S/C17H21N3O/c1-18-11-13-5-4-10-20(12-13)17(21)15-6-2-8-16-14(15)7-3-9-19-16/h2-3,6-9,13,18H,4-5,10-12H2,1H3/t13-/m0/s1. The molecule has 1 amide bonds. The summed E-state index contributed by atoms with van der Waals surface area (Å²) in [5, 5.41) is 4.16. The second kappa shape index (κ2) is 6.22. The number of fused-ring (bicyclic) bond motifs is 1. The number of amides is 1. The Morgan fingerprint density at radius 3 is 3.14 bits per heavy atom. The number of rotatable bonds is 3. The van der Waals surface area contributed by atoms with Crippen LogP contribution in [0.3, 0.4) is 0 Å². The third kappa shape index (κ3) is 2.90. The van der Waals surface area contributed by atoms with E-state index in [9.17, 15) is 4.79 Å². The first-order valence-corrected chi connectivity index (χ1v) is 7.57. The zero-order valence-electron chi connectivity index (χ0n) is 12.4. The number of likely N-dealkylation sites (tertiary alicyclic amines) is 1. The fourth-order valence-electron chi connectivity index (χ4n) is 3.16. The fourth-order valence-corrected chi connectivity index (χ4v) is 3.16. The van der Waals surface area contributed by atoms with Crippen LogP contribution in [0, 0.1) is 5.92 Å². The van der Waals surface area contributed by atoms with Crippen LogP contribution in [0.2, 0.25) is 0 Å². The van der Waals surface area contributed by atoms with Crippen molar-refractivity contribution in [3.05, 3.63) is 42.1 Å². The van der Waals surface area contributed by atoms with Crippen molar-refractivity contribution >= 4 is 16.8 Å². The Morgan fingerprint density at radius 2 is 2.29 bits per heavy atom. The Morgan fingerprint density at radius 1 is 1.38 bits per heavy atom. The van der Waals surface area contributed by atoms with Gasteiger partial charge in [0.25, 0.3) is 5.91 Å². The van der Waals surface area contributed by atoms with Crippen LogP contribution in [0.25, 0.3) is 10.9 Å². The van der Waals surface area contributed by atoms with Crippen LogP contribution >= 0.6 is 0 Å². The molecular formula is C17H21N3O. The van der Waals surface area contributed by atoms with E-state index in [1.54, 1.807) is 6.20 Å². The summed E-state index contributed by atoms with van der Waals surface area (Å²) < 4.78 is 0. The van der Waals surface area contributed by atoms with Gasteiger partial charge in [-0.2, -0.15) is 0 Å². The van der Waals surface area contributed by atoms with Gasteiger partial charge < -0.3 is 10.2 Å². The van der Waals surface area contributed by atoms with Gasteiger partial charge in [-0.15, -0.1) is 0 Å². The van der Waals surface area contributed by atoms with E-state index >= 15 is 0 Å². The second-order valence-corrected chi connectivity index (χ2v) is 5.69. The molecule has 4 nitrogen and oxygen atoms in total. The predicted octanol–water partition coefficient (Wildman–Crippen LogP) is 2.31. The Kier molecular flexibility index (Phi) is 4.15. The lowest BCUT2D eigenvalue weighted by Crippen LogP contribution is -2.42. The highest BCUT2D eigenvalue weighted by Crippen LogP contribution is 2.22. The molecule has 0 radical (unpaired) electrons. The van der Waals surface area contributed by atoms with Crippen molar-refractivity contribution in [1.82, 2.24) is 15.2 Å². The summed E-state index contributed by atoms with van der Waals surface area (Å²) in [6, 6.07) is 9.64. The van der Waals surface area contributed by atoms with E-state index in [-0.39, 0.29) is 5.91 Å². The molecule has 1 fully saturated rings. The summed E-state index contributed by atoms with van der Waals surface area (Å²) in [6.07, 6.45) is 4.04. The van der Waals surface area contributed by atoms with E-state index in [2.05, 4.69) is 10.3 Å². The van der Waals surface area contributed by atoms with E-state index in [1.165, 1.54) is 6.42 Å². The number of pyridine rings is 1. The first kappa shape index (κ1) is 14.0. The summed E-state index contributed by atoms with van der Waals surface area (Å²) in [5.41, 5.74) is 1.65. The molecule has 1 N–H and O–H groups in total. The Hall–Kier alpha value is -1.94. The maximum Gasteiger partial charge on any atom is 0.254 e. The number of piperidine rings is 1. The molecule has 21 heavy (non-hydrogen) atoms. The highest BCUT2D eigenvalue weighted by Gasteiger charge is 2.24. The summed E-state index contributed by atoms with van der Waals surface area (Å²) in [5.74, 6) is 0.690. The Labute approximate surface area is 125 Å². The number of benzene rings is 1. The Balaban J connectivity index is 1.86. The van der Waals surface area contributed by atoms with E-state index in [0.29, 0.717) is 5.92 Å². The van der Waals surface area contributed by atoms with E-state index in [4.69, 9.17) is 0 Å². The molecule has 2 aromatic rings. The maximum absolute atomic E-state index is 12.8. The molecule has 1 saturated heterocycles. The van der Waals surface area contributed by atoms with Crippen molar-refractivity contribution in [2.24, 2.45) is 5.92 Å². The molecule has 0 saturated carbocycles. The zero-order chi connectivity index (χ0) is 14.7. The lowest BCUT2D eigenvalue weighted by atomic mass is 9.97. The summed E-state index contributed by atoms with van der Waals surface area (Å²) in [6.45, 7) is 2.67. The number of carbonyl (C=O) groups excluding carboxylic acids is 1. The quantitative estimate of drug-likeness (QED) is 0.940. The third-order valence-electron chi connectivity index (χ3n) is 4.18. The van der Waals surface area contributed by atoms with Crippen LogP contribution in [0.1, 0.15) is 23.2 Å². The van der Waals surface area contributed by atoms with Gasteiger partial charge in [-0.1, -0.05) is 12.1 Å². The number of hydrogen-bond acceptors (Lipinski definition) is 3. The largest absolute Gasteiger partial charge is 0.338 e. The summed E-state index contributed by atoms with van der Waals surface area (Å²) in [7, 11) is 1.97. The maximum atomic E-state index is 12.8. The molecule has 4 heteroatoms. The molecule has 2 heterocycles. The van der Waals surface area contributed by atoms with Crippen molar-refractivity contribution < 1.29 is 4.79 Å². The summed E-state index contributed by atoms with van der Waals surface area (Å²) in [4.78, 5) is 19.2. The molecule has 1 aliphatic rings. The van der Waals surface area contributed by atoms with Gasteiger partial charge >= 0.3 is 0 Å². The van der Waals surface area contributed by atoms with Crippen LogP contribution in [0.5, 0.6) is 0 Å². The summed E-state index contributed by atoms with van der Waals surface area (Å²) >= 11 is 0. The number of carbonyl (C=O) groups is 1. The molecular weight excluding hydrogens is 262 g/mol. The molecule has 1 aromatic carbocycles. The van der Waals surface area contributed by atoms with Gasteiger partial charge in [0.05, 0.1) is 5.52 Å². The van der Waals surface area contributed by atoms with Crippen LogP contribution in [0.15, 0.2) is 36.5 Å². The molecule has 3 rings (SSSR count). The molecule has 1 aliphatic heterocycles. The van der Waals surface area contributed by atoms with Gasteiger partial charge in [-0.25, -0.2) is 0 Å². The lowest BCUT2D eigenvalue weighted by molar-refractivity contribution is 0.0676. The first-order valence-electron chi connectivity index (χ1n) is 7.57. The lowest BCUT2D eigenvalue weighted by Gasteiger charge is -2.33. The number of nitrogens with one attached hydrogen (secondary N) is 1. The van der Waals surface area contributed by atoms with Gasteiger partial charge in [0, 0.05) is 30.2 Å². The average molecular weight is 283 g/mol. The molecule has 1 aromatic heterocycles. The SMILES string of the molecule is CNC[C@@H]1CCCN(C(=O)c2cccc3ncccc23)C1. The highest BCUT2D eigenvalue weighted by atomic mass is 16.2. The third-order valence-corrected chi connectivity index (χ3v) is 4.18. The molecule has 1 atom stereocenters. The van der Waals surface area contributed by atoms with Crippen LogP contribution in [-0.2, 0) is 0 Å². The predicted molar refractivity (Wildman–Crippen MR) is 84.3 cm³/mol. The van der Waals surface area contributed by atoms with Gasteiger partial charge in [-0.3, -0.25) is 9.78 Å². The minimum atomic E-state index is 0.134. The number of nitrogens with zero attached hydrogens (tertiary/aromatic N) is 2.